The van der Waals surface area contributed by atoms with Gasteiger partial charge in [-0.15, -0.1) is 0 Å². The Morgan fingerprint density at radius 3 is 1.85 bits per heavy atom. The Labute approximate surface area is 250 Å². The van der Waals surface area contributed by atoms with Crippen LogP contribution in [0.1, 0.15) is 111 Å². The van der Waals surface area contributed by atoms with Gasteiger partial charge in [0, 0.05) is 32.1 Å². The number of hydrogen-bond donors (Lipinski definition) is 0. The number of ether oxygens (including phenoxy) is 2. The van der Waals surface area contributed by atoms with Crippen molar-refractivity contribution < 1.29 is 28.0 Å². The van der Waals surface area contributed by atoms with Crippen LogP contribution in [0.5, 0.6) is 0 Å². The second-order valence-corrected chi connectivity index (χ2v) is 16.7. The van der Waals surface area contributed by atoms with Crippen molar-refractivity contribution in [3.63, 3.8) is 0 Å². The van der Waals surface area contributed by atoms with E-state index in [0.717, 1.165) is 21.3 Å². The summed E-state index contributed by atoms with van der Waals surface area (Å²) in [5, 5.41) is 0. The van der Waals surface area contributed by atoms with Crippen LogP contribution >= 0.6 is 0 Å². The summed E-state index contributed by atoms with van der Waals surface area (Å²) < 4.78 is 14.7. The van der Waals surface area contributed by atoms with Crippen LogP contribution in [0.4, 0.5) is 0 Å². The quantitative estimate of drug-likeness (QED) is 0.301. The fourth-order valence-corrected chi connectivity index (χ4v) is 12.3. The summed E-state index contributed by atoms with van der Waals surface area (Å²) in [4.78, 5) is 24.8. The van der Waals surface area contributed by atoms with Gasteiger partial charge in [0.25, 0.3) is 0 Å². The van der Waals surface area contributed by atoms with E-state index in [4.69, 9.17) is 9.47 Å². The Bertz CT molecular complexity index is 1000. The third kappa shape index (κ3) is 4.99. The number of rotatable bonds is 4. The van der Waals surface area contributed by atoms with Crippen LogP contribution in [0.15, 0.2) is 0 Å². The Kier molecular flexibility index (Phi) is 7.87. The summed E-state index contributed by atoms with van der Waals surface area (Å²) in [6, 6.07) is 0.846. The second kappa shape index (κ2) is 10.8. The molecule has 4 saturated carbocycles. The molecular weight excluding hydrogens is 512 g/mol. The highest BCUT2D eigenvalue weighted by Gasteiger charge is 2.68. The molecule has 0 N–H and O–H groups in total. The first-order valence-corrected chi connectivity index (χ1v) is 17.4. The molecule has 0 radical (unpaired) electrons. The van der Waals surface area contributed by atoms with E-state index in [2.05, 4.69) is 27.9 Å². The molecule has 0 unspecified atom stereocenters. The highest BCUT2D eigenvalue weighted by Crippen LogP contribution is 2.68. The number of carbonyl (C=O) groups is 2. The molecule has 0 aromatic heterocycles. The highest BCUT2D eigenvalue weighted by molar-refractivity contribution is 5.66. The van der Waals surface area contributed by atoms with Gasteiger partial charge in [-0.25, -0.2) is 0 Å². The number of hydrogen-bond acceptors (Lipinski definition) is 4. The maximum absolute atomic E-state index is 12.5. The van der Waals surface area contributed by atoms with Crippen molar-refractivity contribution in [1.29, 1.82) is 0 Å². The van der Waals surface area contributed by atoms with E-state index in [1.54, 1.807) is 13.8 Å². The van der Waals surface area contributed by atoms with Crippen molar-refractivity contribution >= 4 is 11.9 Å². The van der Waals surface area contributed by atoms with E-state index in [1.807, 2.05) is 0 Å². The number of quaternary nitrogens is 2. The van der Waals surface area contributed by atoms with Crippen LogP contribution in [-0.2, 0) is 19.1 Å². The topological polar surface area (TPSA) is 52.6 Å². The summed E-state index contributed by atoms with van der Waals surface area (Å²) in [6.07, 6.45) is 16.4. The predicted molar refractivity (Wildman–Crippen MR) is 161 cm³/mol. The number of fused-ring (bicyclic) bond motifs is 5. The van der Waals surface area contributed by atoms with E-state index >= 15 is 0 Å². The Morgan fingerprint density at radius 2 is 1.27 bits per heavy atom. The van der Waals surface area contributed by atoms with Gasteiger partial charge in [-0.1, -0.05) is 13.8 Å². The van der Waals surface area contributed by atoms with Gasteiger partial charge in [0.2, 0.25) is 0 Å². The van der Waals surface area contributed by atoms with Crippen LogP contribution in [0, 0.1) is 34.5 Å². The fraction of sp³-hybridized carbons (Fsp3) is 0.943. The van der Waals surface area contributed by atoms with E-state index in [1.165, 1.54) is 103 Å². The fourth-order valence-electron chi connectivity index (χ4n) is 12.3. The minimum absolute atomic E-state index is 0.0462. The summed E-state index contributed by atoms with van der Waals surface area (Å²) in [5.74, 6) is 2.52. The molecule has 4 aliphatic carbocycles. The normalized spacial score (nSPS) is 46.9. The Balaban J connectivity index is 1.31. The van der Waals surface area contributed by atoms with Crippen molar-refractivity contribution in [2.45, 2.75) is 135 Å². The van der Waals surface area contributed by atoms with Crippen molar-refractivity contribution in [3.8, 4) is 0 Å². The van der Waals surface area contributed by atoms with Crippen molar-refractivity contribution in [2.24, 2.45) is 34.5 Å². The van der Waals surface area contributed by atoms with Crippen molar-refractivity contribution in [2.75, 3.05) is 40.3 Å². The van der Waals surface area contributed by atoms with Crippen LogP contribution in [0.3, 0.4) is 0 Å². The first kappa shape index (κ1) is 29.9. The van der Waals surface area contributed by atoms with Gasteiger partial charge >= 0.3 is 11.9 Å². The maximum atomic E-state index is 12.5. The lowest BCUT2D eigenvalue weighted by Crippen LogP contribution is -2.66. The molecule has 0 amide bonds. The van der Waals surface area contributed by atoms with Crippen molar-refractivity contribution in [3.05, 3.63) is 0 Å². The molecule has 0 spiro atoms. The lowest BCUT2D eigenvalue weighted by molar-refractivity contribution is -0.943. The third-order valence-corrected chi connectivity index (χ3v) is 14.5. The smallest absolute Gasteiger partial charge is 0.303 e. The van der Waals surface area contributed by atoms with Gasteiger partial charge < -0.3 is 18.4 Å². The standard InChI is InChI=1S/C35H60N2O4/c1-24(38)40-32-21-26-13-14-27-28(35(26,4)23-31(32)37(6)19-11-8-12-20-37)15-16-34(3)29(27)22-30(33(34)41-25(2)39)36(5)17-9-7-10-18-36/h26-33H,7-23H2,1-6H3/q+2/t26-,27+,28-,29+,30+,31+,32-,33+,34-,35-/m0/s1. The van der Waals surface area contributed by atoms with Gasteiger partial charge in [-0.2, -0.15) is 0 Å². The maximum Gasteiger partial charge on any atom is 0.303 e. The molecule has 0 aromatic carbocycles. The van der Waals surface area contributed by atoms with Crippen LogP contribution in [0.25, 0.3) is 0 Å². The summed E-state index contributed by atoms with van der Waals surface area (Å²) in [5.41, 5.74) is 0.377. The van der Waals surface area contributed by atoms with Crippen LogP contribution in [0.2, 0.25) is 0 Å². The van der Waals surface area contributed by atoms with E-state index in [0.29, 0.717) is 35.3 Å². The molecule has 0 aromatic rings. The molecule has 6 heteroatoms. The van der Waals surface area contributed by atoms with Gasteiger partial charge in [-0.3, -0.25) is 9.59 Å². The summed E-state index contributed by atoms with van der Waals surface area (Å²) in [6.45, 7) is 13.3. The SMILES string of the molecule is CC(=O)O[C@H]1C[C@@H]2CC[C@H]3[C@H]4C[C@@H]([N+]5(C)CCCCC5)[C@@H](OC(C)=O)[C@@]4(C)CC[C@@H]3[C@@]2(C)C[C@H]1[N+]1(C)CCCCC1. The van der Waals surface area contributed by atoms with Gasteiger partial charge in [0.05, 0.1) is 40.3 Å². The number of likely N-dealkylation sites (tertiary alicyclic amines) is 2. The average Bonchev–Trinajstić information content (AvgIpc) is 3.21. The molecule has 2 heterocycles. The second-order valence-electron chi connectivity index (χ2n) is 16.7. The molecule has 2 saturated heterocycles. The molecule has 6 rings (SSSR count). The zero-order valence-electron chi connectivity index (χ0n) is 27.2. The van der Waals surface area contributed by atoms with Crippen LogP contribution in [-0.4, -0.2) is 85.5 Å². The Morgan fingerprint density at radius 1 is 0.683 bits per heavy atom. The van der Waals surface area contributed by atoms with Crippen molar-refractivity contribution in [1.82, 2.24) is 0 Å². The molecule has 10 atom stereocenters. The lowest BCUT2D eigenvalue weighted by atomic mass is 9.44. The van der Waals surface area contributed by atoms with Gasteiger partial charge in [0.15, 0.2) is 12.2 Å². The molecule has 232 valence electrons. The molecule has 6 fully saturated rings. The van der Waals surface area contributed by atoms with E-state index < -0.39 is 0 Å². The van der Waals surface area contributed by atoms with Crippen LogP contribution < -0.4 is 0 Å². The number of piperidine rings is 2. The minimum atomic E-state index is -0.0998. The Hall–Kier alpha value is -1.14. The molecule has 2 aliphatic heterocycles. The summed E-state index contributed by atoms with van der Waals surface area (Å²) >= 11 is 0. The van der Waals surface area contributed by atoms with Gasteiger partial charge in [-0.05, 0) is 99.7 Å². The number of nitrogens with zero attached hydrogens (tertiary/aromatic N) is 2. The zero-order chi connectivity index (χ0) is 29.2. The molecule has 6 aliphatic rings. The van der Waals surface area contributed by atoms with E-state index in [-0.39, 0.29) is 29.6 Å². The monoisotopic (exact) mass is 572 g/mol. The number of esters is 2. The molecule has 6 nitrogen and oxygen atoms in total. The molecule has 41 heavy (non-hydrogen) atoms. The number of carbonyl (C=O) groups excluding carboxylic acids is 2. The average molecular weight is 573 g/mol. The first-order valence-electron chi connectivity index (χ1n) is 17.4. The van der Waals surface area contributed by atoms with E-state index in [9.17, 15) is 9.59 Å². The zero-order valence-corrected chi connectivity index (χ0v) is 27.2. The molecular formula is C35H60N2O4+2. The third-order valence-electron chi connectivity index (χ3n) is 14.5. The highest BCUT2D eigenvalue weighted by atomic mass is 16.5. The van der Waals surface area contributed by atoms with Gasteiger partial charge in [0.1, 0.15) is 12.1 Å². The summed E-state index contributed by atoms with van der Waals surface area (Å²) in [7, 11) is 4.94. The number of likely N-dealkylation sites (N-methyl/N-ethyl adjacent to an activating group) is 2. The predicted octanol–water partition coefficient (Wildman–Crippen LogP) is 6.11. The first-order chi connectivity index (χ1) is 19.4. The molecule has 0 bridgehead atoms. The minimum Gasteiger partial charge on any atom is -0.456 e. The lowest BCUT2D eigenvalue weighted by Gasteiger charge is -2.63. The largest absolute Gasteiger partial charge is 0.456 e.